The van der Waals surface area contributed by atoms with Gasteiger partial charge in [-0.3, -0.25) is 4.79 Å². The first-order chi connectivity index (χ1) is 13.2. The molecule has 1 aromatic heterocycles. The summed E-state index contributed by atoms with van der Waals surface area (Å²) in [6.45, 7) is 1.69. The van der Waals surface area contributed by atoms with Crippen molar-refractivity contribution < 1.29 is 9.53 Å². The normalized spacial score (nSPS) is 18.8. The average Bonchev–Trinajstić information content (AvgIpc) is 3.40. The number of benzene rings is 1. The van der Waals surface area contributed by atoms with Crippen LogP contribution in [-0.2, 0) is 4.79 Å². The van der Waals surface area contributed by atoms with E-state index in [4.69, 9.17) is 4.74 Å². The van der Waals surface area contributed by atoms with E-state index in [-0.39, 0.29) is 0 Å². The van der Waals surface area contributed by atoms with Crippen molar-refractivity contribution in [1.29, 1.82) is 0 Å². The van der Waals surface area contributed by atoms with E-state index in [2.05, 4.69) is 15.1 Å². The fourth-order valence-electron chi connectivity index (χ4n) is 4.30. The highest BCUT2D eigenvalue weighted by Gasteiger charge is 2.28. The van der Waals surface area contributed by atoms with Crippen LogP contribution in [0, 0.1) is 5.92 Å². The molecule has 2 aromatic rings. The molecule has 5 nitrogen and oxygen atoms in total. The van der Waals surface area contributed by atoms with Crippen molar-refractivity contribution in [2.75, 3.05) is 20.2 Å². The van der Waals surface area contributed by atoms with Gasteiger partial charge in [0.25, 0.3) is 0 Å². The molecular weight excluding hydrogens is 358 g/mol. The second-order valence-corrected chi connectivity index (χ2v) is 8.66. The maximum absolute atomic E-state index is 12.5. The maximum Gasteiger partial charge on any atom is 0.222 e. The number of carbonyl (C=O) groups is 1. The molecule has 4 rings (SSSR count). The lowest BCUT2D eigenvalue weighted by molar-refractivity contribution is -0.133. The predicted molar refractivity (Wildman–Crippen MR) is 107 cm³/mol. The first-order valence-electron chi connectivity index (χ1n) is 9.99. The number of para-hydroxylation sites is 1. The average molecular weight is 386 g/mol. The van der Waals surface area contributed by atoms with Gasteiger partial charge in [0.1, 0.15) is 10.8 Å². The summed E-state index contributed by atoms with van der Waals surface area (Å²) in [5, 5.41) is 10.8. The van der Waals surface area contributed by atoms with Gasteiger partial charge >= 0.3 is 0 Å². The smallest absolute Gasteiger partial charge is 0.222 e. The van der Waals surface area contributed by atoms with Gasteiger partial charge in [0.2, 0.25) is 5.91 Å². The Morgan fingerprint density at radius 3 is 2.63 bits per heavy atom. The van der Waals surface area contributed by atoms with Gasteiger partial charge in [-0.15, -0.1) is 10.2 Å². The van der Waals surface area contributed by atoms with Crippen molar-refractivity contribution in [2.24, 2.45) is 5.92 Å². The highest BCUT2D eigenvalue weighted by atomic mass is 32.1. The molecule has 27 heavy (non-hydrogen) atoms. The SMILES string of the molecule is COc1ccccc1-c1nnc(C2CCN(C(=O)CC3CCCC3)CC2)s1. The minimum absolute atomic E-state index is 0.354. The maximum atomic E-state index is 12.5. The summed E-state index contributed by atoms with van der Waals surface area (Å²) < 4.78 is 5.44. The molecule has 0 unspecified atom stereocenters. The Balaban J connectivity index is 1.36. The van der Waals surface area contributed by atoms with Crippen LogP contribution in [0.5, 0.6) is 5.75 Å². The van der Waals surface area contributed by atoms with Crippen LogP contribution in [-0.4, -0.2) is 41.2 Å². The molecule has 0 spiro atoms. The number of piperidine rings is 1. The van der Waals surface area contributed by atoms with E-state index in [9.17, 15) is 4.79 Å². The van der Waals surface area contributed by atoms with Crippen LogP contribution in [0.3, 0.4) is 0 Å². The fraction of sp³-hybridized carbons (Fsp3) is 0.571. The number of aromatic nitrogens is 2. The van der Waals surface area contributed by atoms with Crippen LogP contribution in [0.2, 0.25) is 0 Å². The number of amides is 1. The summed E-state index contributed by atoms with van der Waals surface area (Å²) in [5.41, 5.74) is 0.993. The summed E-state index contributed by atoms with van der Waals surface area (Å²) in [4.78, 5) is 14.6. The number of nitrogens with zero attached hydrogens (tertiary/aromatic N) is 3. The van der Waals surface area contributed by atoms with Gasteiger partial charge in [-0.1, -0.05) is 36.3 Å². The van der Waals surface area contributed by atoms with Crippen LogP contribution in [0.25, 0.3) is 10.6 Å². The Labute approximate surface area is 164 Å². The third-order valence-electron chi connectivity index (χ3n) is 5.91. The van der Waals surface area contributed by atoms with Gasteiger partial charge in [-0.2, -0.15) is 0 Å². The van der Waals surface area contributed by atoms with Gasteiger partial charge < -0.3 is 9.64 Å². The molecule has 0 radical (unpaired) electrons. The summed E-state index contributed by atoms with van der Waals surface area (Å²) in [5.74, 6) is 2.21. The lowest BCUT2D eigenvalue weighted by Gasteiger charge is -2.31. The van der Waals surface area contributed by atoms with E-state index in [1.165, 1.54) is 25.7 Å². The minimum atomic E-state index is 0.354. The highest BCUT2D eigenvalue weighted by Crippen LogP contribution is 2.37. The molecule has 0 atom stereocenters. The molecule has 2 aliphatic rings. The summed E-state index contributed by atoms with van der Waals surface area (Å²) >= 11 is 1.65. The van der Waals surface area contributed by atoms with Crippen LogP contribution in [0.15, 0.2) is 24.3 Å². The molecule has 2 fully saturated rings. The molecule has 1 aliphatic carbocycles. The third kappa shape index (κ3) is 4.15. The number of ether oxygens (including phenoxy) is 1. The van der Waals surface area contributed by atoms with Gasteiger partial charge in [0, 0.05) is 25.4 Å². The largest absolute Gasteiger partial charge is 0.496 e. The lowest BCUT2D eigenvalue weighted by atomic mass is 9.96. The molecule has 1 aromatic carbocycles. The Hall–Kier alpha value is -1.95. The molecule has 6 heteroatoms. The van der Waals surface area contributed by atoms with E-state index in [1.54, 1.807) is 18.4 Å². The number of carbonyl (C=O) groups excluding carboxylic acids is 1. The number of methoxy groups -OCH3 is 1. The van der Waals surface area contributed by atoms with E-state index < -0.39 is 0 Å². The number of hydrogen-bond acceptors (Lipinski definition) is 5. The molecule has 1 aliphatic heterocycles. The monoisotopic (exact) mass is 385 g/mol. The van der Waals surface area contributed by atoms with Crippen molar-refractivity contribution in [3.8, 4) is 16.3 Å². The first-order valence-corrected chi connectivity index (χ1v) is 10.8. The van der Waals surface area contributed by atoms with E-state index in [0.29, 0.717) is 17.7 Å². The molecule has 1 saturated carbocycles. The fourth-order valence-corrected chi connectivity index (χ4v) is 5.34. The van der Waals surface area contributed by atoms with Crippen LogP contribution in [0.4, 0.5) is 0 Å². The van der Waals surface area contributed by atoms with Gasteiger partial charge in [-0.05, 0) is 43.7 Å². The van der Waals surface area contributed by atoms with Crippen molar-refractivity contribution in [3.63, 3.8) is 0 Å². The summed E-state index contributed by atoms with van der Waals surface area (Å²) in [6.07, 6.45) is 7.78. The highest BCUT2D eigenvalue weighted by molar-refractivity contribution is 7.14. The van der Waals surface area contributed by atoms with Gasteiger partial charge in [0.05, 0.1) is 12.7 Å². The van der Waals surface area contributed by atoms with E-state index >= 15 is 0 Å². The predicted octanol–water partition coefficient (Wildman–Crippen LogP) is 4.50. The Morgan fingerprint density at radius 2 is 1.89 bits per heavy atom. The zero-order chi connectivity index (χ0) is 18.6. The van der Waals surface area contributed by atoms with Crippen LogP contribution in [0.1, 0.15) is 55.9 Å². The second kappa shape index (κ2) is 8.38. The molecule has 0 bridgehead atoms. The number of likely N-dealkylation sites (tertiary alicyclic amines) is 1. The molecule has 0 N–H and O–H groups in total. The third-order valence-corrected chi connectivity index (χ3v) is 7.03. The Kier molecular flexibility index (Phi) is 5.72. The standard InChI is InChI=1S/C21H27N3O2S/c1-26-18-9-5-4-8-17(18)21-23-22-20(27-21)16-10-12-24(13-11-16)19(25)14-15-6-2-3-7-15/h4-5,8-9,15-16H,2-3,6-7,10-14H2,1H3. The summed E-state index contributed by atoms with van der Waals surface area (Å²) in [7, 11) is 1.68. The van der Waals surface area contributed by atoms with Crippen LogP contribution < -0.4 is 4.74 Å². The van der Waals surface area contributed by atoms with Crippen molar-refractivity contribution in [3.05, 3.63) is 29.3 Å². The topological polar surface area (TPSA) is 55.3 Å². The van der Waals surface area contributed by atoms with Gasteiger partial charge in [-0.25, -0.2) is 0 Å². The van der Waals surface area contributed by atoms with Crippen molar-refractivity contribution >= 4 is 17.2 Å². The van der Waals surface area contributed by atoms with E-state index in [0.717, 1.165) is 53.7 Å². The zero-order valence-corrected chi connectivity index (χ0v) is 16.7. The molecule has 1 amide bonds. The first kappa shape index (κ1) is 18.4. The molecule has 144 valence electrons. The van der Waals surface area contributed by atoms with Gasteiger partial charge in [0.15, 0.2) is 5.01 Å². The van der Waals surface area contributed by atoms with Crippen molar-refractivity contribution in [2.45, 2.75) is 50.9 Å². The quantitative estimate of drug-likeness (QED) is 0.760. The zero-order valence-electron chi connectivity index (χ0n) is 15.9. The number of rotatable bonds is 5. The Morgan fingerprint density at radius 1 is 1.15 bits per heavy atom. The molecule has 1 saturated heterocycles. The second-order valence-electron chi connectivity index (χ2n) is 7.66. The minimum Gasteiger partial charge on any atom is -0.496 e. The summed E-state index contributed by atoms with van der Waals surface area (Å²) in [6, 6.07) is 7.92. The Bertz CT molecular complexity index is 777. The van der Waals surface area contributed by atoms with E-state index in [1.807, 2.05) is 24.3 Å². The van der Waals surface area contributed by atoms with Crippen molar-refractivity contribution in [1.82, 2.24) is 15.1 Å². The molecule has 2 heterocycles. The number of hydrogen-bond donors (Lipinski definition) is 0. The van der Waals surface area contributed by atoms with Crippen LogP contribution >= 0.6 is 11.3 Å². The lowest BCUT2D eigenvalue weighted by Crippen LogP contribution is -2.38. The molecular formula is C21H27N3O2S.